The summed E-state index contributed by atoms with van der Waals surface area (Å²) in [6.45, 7) is 2.19. The van der Waals surface area contributed by atoms with Crippen LogP contribution in [-0.2, 0) is 25.9 Å². The topological polar surface area (TPSA) is 0 Å². The third-order valence-corrected chi connectivity index (χ3v) is 6.38. The van der Waals surface area contributed by atoms with Gasteiger partial charge in [0.2, 0.25) is 0 Å². The summed E-state index contributed by atoms with van der Waals surface area (Å²) >= 11 is 2.35. The maximum absolute atomic E-state index is 2.42. The first kappa shape index (κ1) is 25.8. The van der Waals surface area contributed by atoms with E-state index in [1.165, 1.54) is 22.3 Å². The van der Waals surface area contributed by atoms with Crippen LogP contribution in [0.25, 0.3) is 0 Å². The van der Waals surface area contributed by atoms with Crippen LogP contribution in [0, 0.1) is 0 Å². The molecule has 0 saturated heterocycles. The van der Waals surface area contributed by atoms with Crippen molar-refractivity contribution in [3.63, 3.8) is 0 Å². The summed E-state index contributed by atoms with van der Waals surface area (Å²) in [5.74, 6) is 0. The van der Waals surface area contributed by atoms with Crippen LogP contribution in [0.3, 0.4) is 0 Å². The molecule has 146 valence electrons. The van der Waals surface area contributed by atoms with E-state index in [0.717, 1.165) is 0 Å². The minimum Gasteiger partial charge on any atom is -1.00 e. The van der Waals surface area contributed by atoms with Crippen molar-refractivity contribution in [2.75, 3.05) is 0 Å². The largest absolute Gasteiger partial charge is 1.00 e. The summed E-state index contributed by atoms with van der Waals surface area (Å²) in [4.78, 5) is 0. The van der Waals surface area contributed by atoms with Gasteiger partial charge >= 0.3 is 168 Å². The third-order valence-electron chi connectivity index (χ3n) is 5.31. The quantitative estimate of drug-likeness (QED) is 0.284. The third kappa shape index (κ3) is 4.43. The molecule has 3 aromatic rings. The van der Waals surface area contributed by atoms with Crippen LogP contribution in [0.5, 0.6) is 0 Å². The summed E-state index contributed by atoms with van der Waals surface area (Å²) < 4.78 is -0.152. The molecule has 1 aliphatic carbocycles. The first-order chi connectivity index (χ1) is 12.7. The van der Waals surface area contributed by atoms with Crippen molar-refractivity contribution >= 4 is 0 Å². The molecule has 0 radical (unpaired) electrons. The minimum atomic E-state index is -0.287. The SMILES string of the molecule is CC1=C[C]([Ti+3])(C(c2ccccc2)(c2ccccc2)c2ccccc2)C=C1.[Cl-].[Cl-].[Cl-]. The molecule has 0 saturated carbocycles. The van der Waals surface area contributed by atoms with E-state index in [-0.39, 0.29) is 46.4 Å². The van der Waals surface area contributed by atoms with E-state index in [9.17, 15) is 0 Å². The molecule has 4 heteroatoms. The summed E-state index contributed by atoms with van der Waals surface area (Å²) in [6, 6.07) is 32.8. The molecule has 0 heterocycles. The smallest absolute Gasteiger partial charge is 1.00 e. The van der Waals surface area contributed by atoms with Gasteiger partial charge in [0.25, 0.3) is 0 Å². The van der Waals surface area contributed by atoms with E-state index < -0.39 is 0 Å². The molecule has 1 unspecified atom stereocenters. The molecular formula is C25H21Cl3Ti. The Morgan fingerprint density at radius 3 is 1.24 bits per heavy atom. The second kappa shape index (κ2) is 10.7. The Kier molecular flexibility index (Phi) is 9.47. The van der Waals surface area contributed by atoms with Gasteiger partial charge < -0.3 is 37.2 Å². The first-order valence-corrected chi connectivity index (χ1v) is 9.75. The molecule has 0 spiro atoms. The zero-order valence-electron chi connectivity index (χ0n) is 16.0. The van der Waals surface area contributed by atoms with Gasteiger partial charge in [-0.3, -0.25) is 0 Å². The molecule has 0 aromatic heterocycles. The summed E-state index contributed by atoms with van der Waals surface area (Å²) in [6.07, 6.45) is 7.04. The number of hydrogen-bond donors (Lipinski definition) is 0. The Hall–Kier alpha value is -1.28. The average molecular weight is 476 g/mol. The van der Waals surface area contributed by atoms with Crippen molar-refractivity contribution in [1.82, 2.24) is 0 Å². The zero-order chi connectivity index (χ0) is 18.0. The molecule has 29 heavy (non-hydrogen) atoms. The summed E-state index contributed by atoms with van der Waals surface area (Å²) in [5, 5.41) is 0. The van der Waals surface area contributed by atoms with Gasteiger partial charge in [0.1, 0.15) is 0 Å². The molecule has 0 fully saturated rings. The molecular weight excluding hydrogens is 455 g/mol. The fourth-order valence-electron chi connectivity index (χ4n) is 4.23. The van der Waals surface area contributed by atoms with E-state index in [1.54, 1.807) is 0 Å². The first-order valence-electron chi connectivity index (χ1n) is 8.97. The van der Waals surface area contributed by atoms with Crippen molar-refractivity contribution in [3.05, 3.63) is 131 Å². The van der Waals surface area contributed by atoms with Gasteiger partial charge in [-0.25, -0.2) is 0 Å². The predicted octanol–water partition coefficient (Wildman–Crippen LogP) is -2.75. The average Bonchev–Trinajstić information content (AvgIpc) is 3.05. The van der Waals surface area contributed by atoms with Crippen LogP contribution in [0.1, 0.15) is 23.6 Å². The Labute approximate surface area is 204 Å². The summed E-state index contributed by atoms with van der Waals surface area (Å²) in [7, 11) is 0. The fourth-order valence-corrected chi connectivity index (χ4v) is 5.39. The van der Waals surface area contributed by atoms with E-state index in [0.29, 0.717) is 0 Å². The standard InChI is InChI=1S/C25H21.3ClH.Ti/c1-20-17-18-24(19-20)25(21-11-5-2-6-12-21,22-13-7-3-8-14-22)23-15-9-4-10-16-23;;;;/h2-19H,1H3;3*1H;/q;;;;+3/p-3. The number of rotatable bonds is 4. The Morgan fingerprint density at radius 1 is 0.621 bits per heavy atom. The second-order valence-electron chi connectivity index (χ2n) is 6.94. The molecule has 1 aliphatic rings. The van der Waals surface area contributed by atoms with Crippen molar-refractivity contribution in [2.24, 2.45) is 0 Å². The Balaban J connectivity index is 0.00000140. The summed E-state index contributed by atoms with van der Waals surface area (Å²) in [5.41, 5.74) is 4.98. The zero-order valence-corrected chi connectivity index (χ0v) is 19.9. The van der Waals surface area contributed by atoms with E-state index in [4.69, 9.17) is 0 Å². The molecule has 3 aromatic carbocycles. The van der Waals surface area contributed by atoms with Crippen LogP contribution < -0.4 is 37.2 Å². The predicted molar refractivity (Wildman–Crippen MR) is 105 cm³/mol. The van der Waals surface area contributed by atoms with Crippen molar-refractivity contribution < 1.29 is 57.7 Å². The van der Waals surface area contributed by atoms with Crippen LogP contribution >= 0.6 is 0 Å². The molecule has 0 nitrogen and oxygen atoms in total. The normalized spacial score (nSPS) is 17.4. The Bertz CT molecular complexity index is 856. The van der Waals surface area contributed by atoms with Gasteiger partial charge in [-0.1, -0.05) is 0 Å². The van der Waals surface area contributed by atoms with Crippen LogP contribution in [0.4, 0.5) is 0 Å². The maximum atomic E-state index is 2.42. The minimum absolute atomic E-state index is 0. The van der Waals surface area contributed by atoms with E-state index in [2.05, 4.69) is 137 Å². The molecule has 0 bridgehead atoms. The number of allylic oxidation sites excluding steroid dienone is 4. The van der Waals surface area contributed by atoms with Crippen molar-refractivity contribution in [3.8, 4) is 0 Å². The monoisotopic (exact) mass is 474 g/mol. The number of hydrogen-bond acceptors (Lipinski definition) is 0. The second-order valence-corrected chi connectivity index (χ2v) is 8.23. The number of halogens is 3. The van der Waals surface area contributed by atoms with Gasteiger partial charge in [0.05, 0.1) is 0 Å². The van der Waals surface area contributed by atoms with E-state index in [1.807, 2.05) is 0 Å². The molecule has 1 atom stereocenters. The van der Waals surface area contributed by atoms with Gasteiger partial charge in [-0.2, -0.15) is 0 Å². The van der Waals surface area contributed by atoms with Crippen LogP contribution in [0.15, 0.2) is 115 Å². The van der Waals surface area contributed by atoms with Gasteiger partial charge in [0.15, 0.2) is 0 Å². The molecule has 0 N–H and O–H groups in total. The molecule has 4 rings (SSSR count). The fraction of sp³-hybridized carbons (Fsp3) is 0.120. The van der Waals surface area contributed by atoms with Gasteiger partial charge in [-0.05, 0) is 0 Å². The van der Waals surface area contributed by atoms with Crippen molar-refractivity contribution in [1.29, 1.82) is 0 Å². The maximum Gasteiger partial charge on any atom is -1.00 e. The van der Waals surface area contributed by atoms with Crippen LogP contribution in [-0.4, -0.2) is 0 Å². The molecule has 0 aliphatic heterocycles. The van der Waals surface area contributed by atoms with Crippen molar-refractivity contribution in [2.45, 2.75) is 16.1 Å². The van der Waals surface area contributed by atoms with Gasteiger partial charge in [0, 0.05) is 0 Å². The van der Waals surface area contributed by atoms with E-state index >= 15 is 0 Å². The van der Waals surface area contributed by atoms with Gasteiger partial charge in [-0.15, -0.1) is 0 Å². The number of benzene rings is 3. The molecule has 0 amide bonds. The Morgan fingerprint density at radius 2 is 0.966 bits per heavy atom. The van der Waals surface area contributed by atoms with Crippen LogP contribution in [0.2, 0.25) is 3.72 Å².